The summed E-state index contributed by atoms with van der Waals surface area (Å²) in [7, 11) is 2.39. The molecule has 0 saturated carbocycles. The van der Waals surface area contributed by atoms with Crippen LogP contribution in [0.3, 0.4) is 0 Å². The Morgan fingerprint density at radius 2 is 2.14 bits per heavy atom. The summed E-state index contributed by atoms with van der Waals surface area (Å²) in [4.78, 5) is 45.8. The van der Waals surface area contributed by atoms with Gasteiger partial charge < -0.3 is 24.7 Å². The molecule has 9 nitrogen and oxygen atoms in total. The molecule has 0 unspecified atom stereocenters. The van der Waals surface area contributed by atoms with Crippen molar-refractivity contribution >= 4 is 29.6 Å². The molecule has 2 N–H and O–H groups in total. The molecule has 1 aliphatic heterocycles. The van der Waals surface area contributed by atoms with Gasteiger partial charge in [-0.05, 0) is 17.7 Å². The van der Waals surface area contributed by atoms with Crippen LogP contribution in [0.15, 0.2) is 30.6 Å². The molecule has 1 aromatic heterocycles. The summed E-state index contributed by atoms with van der Waals surface area (Å²) in [5.74, 6) is -1.37. The molecule has 10 heteroatoms. The van der Waals surface area contributed by atoms with Gasteiger partial charge >= 0.3 is 18.0 Å². The molecule has 0 aliphatic carbocycles. The summed E-state index contributed by atoms with van der Waals surface area (Å²) < 4.78 is 9.30. The standard InChI is InChI=1S/C19H21ClN4O5/c1-28-15(25)9-14(18(26)29-2)23-19(27)24-7-6-13-16(22-10-21-13)17(24)11-4-3-5-12(20)8-11/h3-5,8,10,14,17H,6-7,9H2,1-2H3,(H,21,22)(H,23,27)/t14-,17-/m0/s1. The number of urea groups is 1. The molecule has 0 fully saturated rings. The number of esters is 2. The molecule has 0 bridgehead atoms. The Bertz CT molecular complexity index is 916. The zero-order chi connectivity index (χ0) is 21.0. The third-order valence-electron chi connectivity index (χ3n) is 4.73. The molecule has 29 heavy (non-hydrogen) atoms. The van der Waals surface area contributed by atoms with Crippen LogP contribution in [0.25, 0.3) is 0 Å². The van der Waals surface area contributed by atoms with Crippen molar-refractivity contribution in [2.45, 2.75) is 24.9 Å². The molecule has 2 aromatic rings. The summed E-state index contributed by atoms with van der Waals surface area (Å²) in [6, 6.07) is 4.97. The third-order valence-corrected chi connectivity index (χ3v) is 4.97. The van der Waals surface area contributed by atoms with Crippen LogP contribution in [0.2, 0.25) is 5.02 Å². The maximum Gasteiger partial charge on any atom is 0.329 e. The van der Waals surface area contributed by atoms with E-state index in [1.165, 1.54) is 14.2 Å². The Labute approximate surface area is 172 Å². The molecule has 154 valence electrons. The Morgan fingerprint density at radius 1 is 1.34 bits per heavy atom. The summed E-state index contributed by atoms with van der Waals surface area (Å²) >= 11 is 6.15. The van der Waals surface area contributed by atoms with Gasteiger partial charge in [-0.15, -0.1) is 0 Å². The number of benzene rings is 1. The predicted octanol–water partition coefficient (Wildman–Crippen LogP) is 1.82. The number of amides is 2. The molecule has 2 amide bonds. The van der Waals surface area contributed by atoms with Crippen LogP contribution in [-0.2, 0) is 25.5 Å². The van der Waals surface area contributed by atoms with Crippen LogP contribution in [0, 0.1) is 0 Å². The van der Waals surface area contributed by atoms with Crippen LogP contribution in [-0.4, -0.2) is 59.6 Å². The molecule has 2 heterocycles. The molecule has 0 spiro atoms. The van der Waals surface area contributed by atoms with Crippen molar-refractivity contribution in [3.63, 3.8) is 0 Å². The number of carbonyl (C=O) groups excluding carboxylic acids is 3. The van der Waals surface area contributed by atoms with Crippen LogP contribution in [0.5, 0.6) is 0 Å². The molecular formula is C19H21ClN4O5. The number of nitrogens with one attached hydrogen (secondary N) is 2. The lowest BCUT2D eigenvalue weighted by atomic mass is 9.96. The second-order valence-electron chi connectivity index (χ2n) is 6.47. The van der Waals surface area contributed by atoms with Crippen LogP contribution < -0.4 is 5.32 Å². The highest BCUT2D eigenvalue weighted by atomic mass is 35.5. The molecule has 1 aromatic carbocycles. The molecule has 1 aliphatic rings. The number of hydrogen-bond donors (Lipinski definition) is 2. The average Bonchev–Trinajstić information content (AvgIpc) is 3.20. The summed E-state index contributed by atoms with van der Waals surface area (Å²) in [6.45, 7) is 0.379. The Morgan fingerprint density at radius 3 is 2.83 bits per heavy atom. The number of rotatable bonds is 5. The first-order valence-corrected chi connectivity index (χ1v) is 9.31. The third kappa shape index (κ3) is 4.51. The maximum atomic E-state index is 13.1. The fourth-order valence-corrected chi connectivity index (χ4v) is 3.53. The van der Waals surface area contributed by atoms with E-state index >= 15 is 0 Å². The summed E-state index contributed by atoms with van der Waals surface area (Å²) in [5, 5.41) is 3.11. The molecule has 0 saturated heterocycles. The van der Waals surface area contributed by atoms with Gasteiger partial charge in [0.05, 0.1) is 32.7 Å². The van der Waals surface area contributed by atoms with E-state index in [0.717, 1.165) is 11.3 Å². The van der Waals surface area contributed by atoms with Crippen molar-refractivity contribution in [2.24, 2.45) is 0 Å². The fourth-order valence-electron chi connectivity index (χ4n) is 3.33. The first kappa shape index (κ1) is 20.7. The predicted molar refractivity (Wildman–Crippen MR) is 103 cm³/mol. The van der Waals surface area contributed by atoms with E-state index in [0.29, 0.717) is 23.7 Å². The minimum atomic E-state index is -1.17. The van der Waals surface area contributed by atoms with Crippen molar-refractivity contribution in [3.05, 3.63) is 52.6 Å². The number of aromatic nitrogens is 2. The van der Waals surface area contributed by atoms with Gasteiger partial charge in [0.15, 0.2) is 0 Å². The average molecular weight is 421 g/mol. The number of fused-ring (bicyclic) bond motifs is 1. The fraction of sp³-hybridized carbons (Fsp3) is 0.368. The van der Waals surface area contributed by atoms with Gasteiger partial charge in [-0.2, -0.15) is 0 Å². The van der Waals surface area contributed by atoms with Crippen LogP contribution in [0.4, 0.5) is 4.79 Å². The van der Waals surface area contributed by atoms with Gasteiger partial charge in [-0.3, -0.25) is 4.79 Å². The van der Waals surface area contributed by atoms with Gasteiger partial charge in [0.1, 0.15) is 12.1 Å². The van der Waals surface area contributed by atoms with Crippen molar-refractivity contribution in [2.75, 3.05) is 20.8 Å². The van der Waals surface area contributed by atoms with Gasteiger partial charge in [0.2, 0.25) is 0 Å². The minimum Gasteiger partial charge on any atom is -0.469 e. The Hall–Kier alpha value is -3.07. The summed E-state index contributed by atoms with van der Waals surface area (Å²) in [5.41, 5.74) is 2.41. The van der Waals surface area contributed by atoms with Crippen molar-refractivity contribution < 1.29 is 23.9 Å². The number of ether oxygens (including phenoxy) is 2. The van der Waals surface area contributed by atoms with Gasteiger partial charge in [-0.1, -0.05) is 23.7 Å². The van der Waals surface area contributed by atoms with E-state index in [9.17, 15) is 14.4 Å². The lowest BCUT2D eigenvalue weighted by Gasteiger charge is -2.36. The smallest absolute Gasteiger partial charge is 0.329 e. The topological polar surface area (TPSA) is 114 Å². The number of carbonyl (C=O) groups is 3. The number of imidazole rings is 1. The largest absolute Gasteiger partial charge is 0.469 e. The van der Waals surface area contributed by atoms with Crippen LogP contribution >= 0.6 is 11.6 Å². The van der Waals surface area contributed by atoms with E-state index in [4.69, 9.17) is 16.3 Å². The molecular weight excluding hydrogens is 400 g/mol. The molecule has 0 radical (unpaired) electrons. The van der Waals surface area contributed by atoms with Crippen LogP contribution in [0.1, 0.15) is 29.4 Å². The van der Waals surface area contributed by atoms with E-state index in [1.807, 2.05) is 6.07 Å². The van der Waals surface area contributed by atoms with Gasteiger partial charge in [0.25, 0.3) is 0 Å². The normalized spacial score (nSPS) is 16.5. The number of H-pyrrole nitrogens is 1. The molecule has 2 atom stereocenters. The monoisotopic (exact) mass is 420 g/mol. The lowest BCUT2D eigenvalue weighted by molar-refractivity contribution is -0.149. The number of halogens is 1. The second-order valence-corrected chi connectivity index (χ2v) is 6.91. The van der Waals surface area contributed by atoms with Crippen molar-refractivity contribution in [3.8, 4) is 0 Å². The van der Waals surface area contributed by atoms with E-state index in [2.05, 4.69) is 20.0 Å². The zero-order valence-electron chi connectivity index (χ0n) is 16.0. The van der Waals surface area contributed by atoms with E-state index in [-0.39, 0.29) is 6.42 Å². The maximum absolute atomic E-state index is 13.1. The first-order valence-electron chi connectivity index (χ1n) is 8.94. The highest BCUT2D eigenvalue weighted by Gasteiger charge is 2.36. The first-order chi connectivity index (χ1) is 13.9. The second kappa shape index (κ2) is 8.95. The van der Waals surface area contributed by atoms with Crippen molar-refractivity contribution in [1.29, 1.82) is 0 Å². The number of hydrogen-bond acceptors (Lipinski definition) is 6. The molecule has 3 rings (SSSR count). The van der Waals surface area contributed by atoms with Gasteiger partial charge in [-0.25, -0.2) is 14.6 Å². The lowest BCUT2D eigenvalue weighted by Crippen LogP contribution is -2.52. The SMILES string of the molecule is COC(=O)C[C@H](NC(=O)N1CCc2[nH]cnc2[C@@H]1c1cccc(Cl)c1)C(=O)OC. The number of methoxy groups -OCH3 is 2. The number of aromatic amines is 1. The minimum absolute atomic E-state index is 0.335. The zero-order valence-corrected chi connectivity index (χ0v) is 16.7. The highest BCUT2D eigenvalue weighted by molar-refractivity contribution is 6.30. The Balaban J connectivity index is 1.89. The van der Waals surface area contributed by atoms with Crippen molar-refractivity contribution in [1.82, 2.24) is 20.2 Å². The highest BCUT2D eigenvalue weighted by Crippen LogP contribution is 2.34. The summed E-state index contributed by atoms with van der Waals surface area (Å²) in [6.07, 6.45) is 1.82. The quantitative estimate of drug-likeness (QED) is 0.713. The van der Waals surface area contributed by atoms with Gasteiger partial charge in [0, 0.05) is 23.7 Å². The van der Waals surface area contributed by atoms with E-state index in [1.54, 1.807) is 29.4 Å². The van der Waals surface area contributed by atoms with E-state index < -0.39 is 30.1 Å². The number of nitrogens with zero attached hydrogens (tertiary/aromatic N) is 2. The Kier molecular flexibility index (Phi) is 6.38.